The predicted molar refractivity (Wildman–Crippen MR) is 69.9 cm³/mol. The third-order valence-corrected chi connectivity index (χ3v) is 4.93. The standard InChI is InChI=1S/C16H22O/c1-16(9-5-6-10-16)15(17)14-11-13(14)12-7-3-2-4-8-12/h2-4,7-8,13-15,17H,5-6,9-11H2,1H3. The van der Waals surface area contributed by atoms with Crippen LogP contribution >= 0.6 is 0 Å². The summed E-state index contributed by atoms with van der Waals surface area (Å²) in [5, 5.41) is 10.6. The Balaban J connectivity index is 1.68. The van der Waals surface area contributed by atoms with Crippen molar-refractivity contribution in [3.05, 3.63) is 35.9 Å². The molecule has 2 aliphatic rings. The molecule has 2 aliphatic carbocycles. The lowest BCUT2D eigenvalue weighted by Crippen LogP contribution is -2.31. The van der Waals surface area contributed by atoms with Crippen molar-refractivity contribution in [3.63, 3.8) is 0 Å². The number of benzene rings is 1. The summed E-state index contributed by atoms with van der Waals surface area (Å²) in [5.74, 6) is 1.13. The number of aliphatic hydroxyl groups is 1. The molecule has 0 amide bonds. The SMILES string of the molecule is CC1(C(O)C2CC2c2ccccc2)CCCC1. The first kappa shape index (κ1) is 11.3. The van der Waals surface area contributed by atoms with Crippen LogP contribution in [0, 0.1) is 11.3 Å². The molecule has 1 nitrogen and oxygen atoms in total. The molecule has 17 heavy (non-hydrogen) atoms. The van der Waals surface area contributed by atoms with Crippen LogP contribution in [-0.2, 0) is 0 Å². The van der Waals surface area contributed by atoms with Crippen molar-refractivity contribution in [2.24, 2.45) is 11.3 Å². The summed E-state index contributed by atoms with van der Waals surface area (Å²) in [6.45, 7) is 2.28. The van der Waals surface area contributed by atoms with Gasteiger partial charge in [0.1, 0.15) is 0 Å². The van der Waals surface area contributed by atoms with E-state index < -0.39 is 0 Å². The number of hydrogen-bond donors (Lipinski definition) is 1. The van der Waals surface area contributed by atoms with Crippen LogP contribution in [0.1, 0.15) is 50.5 Å². The van der Waals surface area contributed by atoms with E-state index in [-0.39, 0.29) is 11.5 Å². The molecule has 0 aliphatic heterocycles. The van der Waals surface area contributed by atoms with Gasteiger partial charge in [0.2, 0.25) is 0 Å². The summed E-state index contributed by atoms with van der Waals surface area (Å²) in [7, 11) is 0. The lowest BCUT2D eigenvalue weighted by molar-refractivity contribution is 0.0225. The Morgan fingerprint density at radius 2 is 1.82 bits per heavy atom. The van der Waals surface area contributed by atoms with E-state index in [4.69, 9.17) is 0 Å². The van der Waals surface area contributed by atoms with Crippen LogP contribution in [-0.4, -0.2) is 11.2 Å². The molecule has 1 N–H and O–H groups in total. The molecule has 3 atom stereocenters. The van der Waals surface area contributed by atoms with Gasteiger partial charge >= 0.3 is 0 Å². The lowest BCUT2D eigenvalue weighted by Gasteiger charge is -2.30. The molecule has 0 spiro atoms. The zero-order valence-corrected chi connectivity index (χ0v) is 10.6. The second kappa shape index (κ2) is 4.13. The van der Waals surface area contributed by atoms with Gasteiger partial charge in [-0.3, -0.25) is 0 Å². The highest BCUT2D eigenvalue weighted by Gasteiger charge is 2.50. The average molecular weight is 230 g/mol. The summed E-state index contributed by atoms with van der Waals surface area (Å²) < 4.78 is 0. The van der Waals surface area contributed by atoms with Crippen LogP contribution in [0.25, 0.3) is 0 Å². The molecule has 3 unspecified atom stereocenters. The lowest BCUT2D eigenvalue weighted by atomic mass is 9.79. The molecule has 92 valence electrons. The molecule has 0 bridgehead atoms. The largest absolute Gasteiger partial charge is 0.392 e. The molecular formula is C16H22O. The Morgan fingerprint density at radius 1 is 1.18 bits per heavy atom. The zero-order chi connectivity index (χ0) is 11.9. The first-order chi connectivity index (χ1) is 8.21. The second-order valence-electron chi connectivity index (χ2n) is 6.22. The molecule has 0 radical (unpaired) electrons. The van der Waals surface area contributed by atoms with Crippen LogP contribution < -0.4 is 0 Å². The van der Waals surface area contributed by atoms with Crippen LogP contribution in [0.3, 0.4) is 0 Å². The third-order valence-electron chi connectivity index (χ3n) is 4.93. The zero-order valence-electron chi connectivity index (χ0n) is 10.6. The van der Waals surface area contributed by atoms with Gasteiger partial charge in [0.15, 0.2) is 0 Å². The Bertz CT molecular complexity index is 378. The highest BCUT2D eigenvalue weighted by molar-refractivity contribution is 5.26. The van der Waals surface area contributed by atoms with Gasteiger partial charge in [-0.1, -0.05) is 50.1 Å². The van der Waals surface area contributed by atoms with Crippen LogP contribution in [0.2, 0.25) is 0 Å². The Hall–Kier alpha value is -0.820. The summed E-state index contributed by atoms with van der Waals surface area (Å²) in [6.07, 6.45) is 6.13. The van der Waals surface area contributed by atoms with Crippen molar-refractivity contribution in [2.45, 2.75) is 51.0 Å². The number of rotatable bonds is 3. The fourth-order valence-corrected chi connectivity index (χ4v) is 3.64. The third kappa shape index (κ3) is 2.01. The van der Waals surface area contributed by atoms with Crippen molar-refractivity contribution in [2.75, 3.05) is 0 Å². The normalized spacial score (nSPS) is 32.4. The van der Waals surface area contributed by atoms with Gasteiger partial charge in [0.25, 0.3) is 0 Å². The van der Waals surface area contributed by atoms with E-state index in [0.29, 0.717) is 11.8 Å². The van der Waals surface area contributed by atoms with Gasteiger partial charge in [-0.05, 0) is 42.1 Å². The molecule has 2 fully saturated rings. The molecule has 0 heterocycles. The average Bonchev–Trinajstić information content (AvgIpc) is 3.05. The van der Waals surface area contributed by atoms with E-state index >= 15 is 0 Å². The maximum atomic E-state index is 10.6. The minimum absolute atomic E-state index is 0.0878. The van der Waals surface area contributed by atoms with E-state index in [1.165, 1.54) is 37.7 Å². The van der Waals surface area contributed by atoms with E-state index in [9.17, 15) is 5.11 Å². The fraction of sp³-hybridized carbons (Fsp3) is 0.625. The molecule has 1 aromatic carbocycles. The number of hydrogen-bond acceptors (Lipinski definition) is 1. The summed E-state index contributed by atoms with van der Waals surface area (Å²) in [6, 6.07) is 10.7. The maximum absolute atomic E-state index is 10.6. The second-order valence-corrected chi connectivity index (χ2v) is 6.22. The van der Waals surface area contributed by atoms with Gasteiger partial charge in [0, 0.05) is 0 Å². The molecule has 1 aromatic rings. The highest BCUT2D eigenvalue weighted by Crippen LogP contribution is 2.56. The van der Waals surface area contributed by atoms with Crippen LogP contribution in [0.5, 0.6) is 0 Å². The van der Waals surface area contributed by atoms with Gasteiger partial charge in [-0.2, -0.15) is 0 Å². The molecule has 3 rings (SSSR count). The van der Waals surface area contributed by atoms with Gasteiger partial charge in [-0.15, -0.1) is 0 Å². The van der Waals surface area contributed by atoms with E-state index in [0.717, 1.165) is 0 Å². The summed E-state index contributed by atoms with van der Waals surface area (Å²) in [5.41, 5.74) is 1.62. The monoisotopic (exact) mass is 230 g/mol. The maximum Gasteiger partial charge on any atom is 0.0627 e. The van der Waals surface area contributed by atoms with Crippen LogP contribution in [0.15, 0.2) is 30.3 Å². The van der Waals surface area contributed by atoms with Crippen LogP contribution in [0.4, 0.5) is 0 Å². The van der Waals surface area contributed by atoms with Gasteiger partial charge in [-0.25, -0.2) is 0 Å². The van der Waals surface area contributed by atoms with Crippen molar-refractivity contribution >= 4 is 0 Å². The van der Waals surface area contributed by atoms with Crippen molar-refractivity contribution in [1.82, 2.24) is 0 Å². The minimum Gasteiger partial charge on any atom is -0.392 e. The smallest absolute Gasteiger partial charge is 0.0627 e. The topological polar surface area (TPSA) is 20.2 Å². The first-order valence-corrected chi connectivity index (χ1v) is 6.94. The summed E-state index contributed by atoms with van der Waals surface area (Å²) in [4.78, 5) is 0. The Labute approximate surface area is 104 Å². The number of aliphatic hydroxyl groups excluding tert-OH is 1. The van der Waals surface area contributed by atoms with Crippen molar-refractivity contribution in [3.8, 4) is 0 Å². The molecule has 2 saturated carbocycles. The molecule has 0 aromatic heterocycles. The summed E-state index contributed by atoms with van der Waals surface area (Å²) >= 11 is 0. The minimum atomic E-state index is -0.0878. The fourth-order valence-electron chi connectivity index (χ4n) is 3.64. The van der Waals surface area contributed by atoms with Gasteiger partial charge < -0.3 is 5.11 Å². The van der Waals surface area contributed by atoms with Gasteiger partial charge in [0.05, 0.1) is 6.10 Å². The predicted octanol–water partition coefficient (Wildman–Crippen LogP) is 3.73. The van der Waals surface area contributed by atoms with Crippen molar-refractivity contribution < 1.29 is 5.11 Å². The van der Waals surface area contributed by atoms with E-state index in [1.807, 2.05) is 0 Å². The molecule has 0 saturated heterocycles. The highest BCUT2D eigenvalue weighted by atomic mass is 16.3. The molecular weight excluding hydrogens is 208 g/mol. The van der Waals surface area contributed by atoms with Crippen molar-refractivity contribution in [1.29, 1.82) is 0 Å². The Morgan fingerprint density at radius 3 is 2.47 bits per heavy atom. The Kier molecular flexibility index (Phi) is 2.74. The first-order valence-electron chi connectivity index (χ1n) is 6.94. The quantitative estimate of drug-likeness (QED) is 0.839. The van der Waals surface area contributed by atoms with E-state index in [1.54, 1.807) is 0 Å². The van der Waals surface area contributed by atoms with E-state index in [2.05, 4.69) is 37.3 Å². The molecule has 1 heteroatoms.